The molecular weight excluding hydrogens is 332 g/mol. The van der Waals surface area contributed by atoms with Crippen LogP contribution in [0.5, 0.6) is 0 Å². The number of benzene rings is 2. The summed E-state index contributed by atoms with van der Waals surface area (Å²) in [6.45, 7) is 8.09. The molecule has 0 saturated carbocycles. The van der Waals surface area contributed by atoms with Crippen LogP contribution < -0.4 is 5.32 Å². The Morgan fingerprint density at radius 2 is 1.93 bits per heavy atom. The maximum absolute atomic E-state index is 12.7. The second-order valence-electron chi connectivity index (χ2n) is 7.26. The molecule has 0 aliphatic carbocycles. The third kappa shape index (κ3) is 4.41. The van der Waals surface area contributed by atoms with Crippen molar-refractivity contribution in [1.29, 1.82) is 0 Å². The van der Waals surface area contributed by atoms with E-state index in [1.54, 1.807) is 0 Å². The van der Waals surface area contributed by atoms with E-state index in [0.717, 1.165) is 25.9 Å². The SMILES string of the molecule is CCCCNC(=O)C[C@H](c1cccc(C)c1)c1cn(CC)c2ccccc12. The number of carbonyl (C=O) groups excluding carboxylic acids is 1. The van der Waals surface area contributed by atoms with Crippen molar-refractivity contribution in [2.24, 2.45) is 0 Å². The molecule has 2 aromatic carbocycles. The van der Waals surface area contributed by atoms with Gasteiger partial charge < -0.3 is 9.88 Å². The van der Waals surface area contributed by atoms with E-state index < -0.39 is 0 Å². The molecule has 27 heavy (non-hydrogen) atoms. The van der Waals surface area contributed by atoms with E-state index in [0.29, 0.717) is 6.42 Å². The van der Waals surface area contributed by atoms with Gasteiger partial charge in [-0.3, -0.25) is 4.79 Å². The number of aromatic nitrogens is 1. The summed E-state index contributed by atoms with van der Waals surface area (Å²) >= 11 is 0. The van der Waals surface area contributed by atoms with Crippen LogP contribution in [0.25, 0.3) is 10.9 Å². The zero-order valence-electron chi connectivity index (χ0n) is 16.7. The molecular formula is C24H30N2O. The van der Waals surface area contributed by atoms with Gasteiger partial charge in [-0.25, -0.2) is 0 Å². The lowest BCUT2D eigenvalue weighted by molar-refractivity contribution is -0.121. The number of fused-ring (bicyclic) bond motifs is 1. The maximum Gasteiger partial charge on any atom is 0.220 e. The molecule has 0 radical (unpaired) electrons. The summed E-state index contributed by atoms with van der Waals surface area (Å²) < 4.78 is 2.28. The van der Waals surface area contributed by atoms with E-state index in [1.165, 1.54) is 27.6 Å². The number of nitrogens with one attached hydrogen (secondary N) is 1. The average molecular weight is 363 g/mol. The quantitative estimate of drug-likeness (QED) is 0.534. The molecule has 3 nitrogen and oxygen atoms in total. The molecule has 3 rings (SSSR count). The number of aryl methyl sites for hydroxylation is 2. The highest BCUT2D eigenvalue weighted by molar-refractivity contribution is 5.86. The number of hydrogen-bond acceptors (Lipinski definition) is 1. The largest absolute Gasteiger partial charge is 0.356 e. The normalized spacial score (nSPS) is 12.3. The smallest absolute Gasteiger partial charge is 0.220 e. The van der Waals surface area contributed by atoms with Gasteiger partial charge in [0.25, 0.3) is 0 Å². The van der Waals surface area contributed by atoms with Crippen LogP contribution in [0.15, 0.2) is 54.7 Å². The molecule has 0 unspecified atom stereocenters. The highest BCUT2D eigenvalue weighted by Crippen LogP contribution is 2.35. The molecule has 0 fully saturated rings. The van der Waals surface area contributed by atoms with Crippen LogP contribution in [-0.4, -0.2) is 17.0 Å². The highest BCUT2D eigenvalue weighted by atomic mass is 16.1. The number of nitrogens with zero attached hydrogens (tertiary/aromatic N) is 1. The molecule has 1 heterocycles. The third-order valence-corrected chi connectivity index (χ3v) is 5.22. The van der Waals surface area contributed by atoms with E-state index in [9.17, 15) is 4.79 Å². The van der Waals surface area contributed by atoms with Crippen molar-refractivity contribution in [3.05, 3.63) is 71.4 Å². The summed E-state index contributed by atoms with van der Waals surface area (Å²) in [5.41, 5.74) is 4.91. The molecule has 0 aliphatic rings. The summed E-state index contributed by atoms with van der Waals surface area (Å²) in [4.78, 5) is 12.7. The zero-order chi connectivity index (χ0) is 19.2. The molecule has 3 heteroatoms. The summed E-state index contributed by atoms with van der Waals surface area (Å²) in [6, 6.07) is 17.1. The fourth-order valence-corrected chi connectivity index (χ4v) is 3.77. The lowest BCUT2D eigenvalue weighted by atomic mass is 9.87. The highest BCUT2D eigenvalue weighted by Gasteiger charge is 2.22. The predicted octanol–water partition coefficient (Wildman–Crippen LogP) is 5.41. The minimum Gasteiger partial charge on any atom is -0.356 e. The van der Waals surface area contributed by atoms with Crippen molar-refractivity contribution in [1.82, 2.24) is 9.88 Å². The van der Waals surface area contributed by atoms with Gasteiger partial charge in [-0.15, -0.1) is 0 Å². The summed E-state index contributed by atoms with van der Waals surface area (Å²) in [5, 5.41) is 4.33. The van der Waals surface area contributed by atoms with Gasteiger partial charge in [0.1, 0.15) is 0 Å². The van der Waals surface area contributed by atoms with Gasteiger partial charge in [-0.1, -0.05) is 61.4 Å². The average Bonchev–Trinajstić information content (AvgIpc) is 3.05. The van der Waals surface area contributed by atoms with E-state index >= 15 is 0 Å². The Balaban J connectivity index is 2.01. The topological polar surface area (TPSA) is 34.0 Å². The first-order valence-electron chi connectivity index (χ1n) is 10.0. The van der Waals surface area contributed by atoms with Gasteiger partial charge in [0.15, 0.2) is 0 Å². The van der Waals surface area contributed by atoms with Crippen LogP contribution in [0, 0.1) is 6.92 Å². The van der Waals surface area contributed by atoms with E-state index in [-0.39, 0.29) is 11.8 Å². The molecule has 1 amide bonds. The van der Waals surface area contributed by atoms with Crippen molar-refractivity contribution in [2.75, 3.05) is 6.54 Å². The minimum atomic E-state index is 0.0595. The zero-order valence-corrected chi connectivity index (χ0v) is 16.7. The molecule has 0 saturated heterocycles. The minimum absolute atomic E-state index is 0.0595. The van der Waals surface area contributed by atoms with Crippen molar-refractivity contribution in [3.8, 4) is 0 Å². The van der Waals surface area contributed by atoms with Crippen molar-refractivity contribution < 1.29 is 4.79 Å². The molecule has 0 aliphatic heterocycles. The molecule has 1 atom stereocenters. The summed E-state index contributed by atoms with van der Waals surface area (Å²) in [7, 11) is 0. The van der Waals surface area contributed by atoms with E-state index in [2.05, 4.69) is 85.4 Å². The van der Waals surface area contributed by atoms with Crippen LogP contribution in [0.4, 0.5) is 0 Å². The number of carbonyl (C=O) groups is 1. The number of rotatable bonds is 8. The predicted molar refractivity (Wildman–Crippen MR) is 113 cm³/mol. The number of para-hydroxylation sites is 1. The molecule has 142 valence electrons. The number of unbranched alkanes of at least 4 members (excludes halogenated alkanes) is 1. The monoisotopic (exact) mass is 362 g/mol. The first-order chi connectivity index (χ1) is 13.1. The molecule has 3 aromatic rings. The van der Waals surface area contributed by atoms with Crippen molar-refractivity contribution in [3.63, 3.8) is 0 Å². The van der Waals surface area contributed by atoms with Crippen LogP contribution in [-0.2, 0) is 11.3 Å². The first-order valence-corrected chi connectivity index (χ1v) is 10.0. The molecule has 0 bridgehead atoms. The van der Waals surface area contributed by atoms with Crippen LogP contribution in [0.1, 0.15) is 55.7 Å². The Kier molecular flexibility index (Phi) is 6.33. The van der Waals surface area contributed by atoms with Crippen molar-refractivity contribution in [2.45, 2.75) is 52.5 Å². The first kappa shape index (κ1) is 19.2. The number of amides is 1. The second-order valence-corrected chi connectivity index (χ2v) is 7.26. The Labute approximate surface area is 162 Å². The summed E-state index contributed by atoms with van der Waals surface area (Å²) in [5.74, 6) is 0.188. The Morgan fingerprint density at radius 1 is 1.11 bits per heavy atom. The fourth-order valence-electron chi connectivity index (χ4n) is 3.77. The van der Waals surface area contributed by atoms with Gasteiger partial charge in [0.05, 0.1) is 0 Å². The van der Waals surface area contributed by atoms with Crippen LogP contribution in [0.2, 0.25) is 0 Å². The third-order valence-electron chi connectivity index (χ3n) is 5.22. The Bertz CT molecular complexity index is 910. The molecule has 0 spiro atoms. The maximum atomic E-state index is 12.7. The van der Waals surface area contributed by atoms with Crippen LogP contribution in [0.3, 0.4) is 0 Å². The summed E-state index contributed by atoms with van der Waals surface area (Å²) in [6.07, 6.45) is 4.82. The number of hydrogen-bond donors (Lipinski definition) is 1. The van der Waals surface area contributed by atoms with Gasteiger partial charge in [-0.2, -0.15) is 0 Å². The Morgan fingerprint density at radius 3 is 2.67 bits per heavy atom. The standard InChI is InChI=1S/C24H30N2O/c1-4-6-14-25-24(27)16-21(19-11-9-10-18(3)15-19)22-17-26(5-2)23-13-8-7-12-20(22)23/h7-13,15,17,21H,4-6,14,16H2,1-3H3,(H,25,27)/t21-/m1/s1. The van der Waals surface area contributed by atoms with Gasteiger partial charge in [-0.05, 0) is 37.5 Å². The molecule has 1 aromatic heterocycles. The van der Waals surface area contributed by atoms with E-state index in [4.69, 9.17) is 0 Å². The fraction of sp³-hybridized carbons (Fsp3) is 0.375. The second kappa shape index (κ2) is 8.90. The van der Waals surface area contributed by atoms with Gasteiger partial charge in [0.2, 0.25) is 5.91 Å². The van der Waals surface area contributed by atoms with Gasteiger partial charge in [0, 0.05) is 42.5 Å². The lowest BCUT2D eigenvalue weighted by Gasteiger charge is -2.18. The van der Waals surface area contributed by atoms with Gasteiger partial charge >= 0.3 is 0 Å². The Hall–Kier alpha value is -2.55. The van der Waals surface area contributed by atoms with Crippen molar-refractivity contribution >= 4 is 16.8 Å². The van der Waals surface area contributed by atoms with E-state index in [1.807, 2.05) is 0 Å². The van der Waals surface area contributed by atoms with Crippen LogP contribution >= 0.6 is 0 Å². The lowest BCUT2D eigenvalue weighted by Crippen LogP contribution is -2.26. The molecule has 1 N–H and O–H groups in total.